The zero-order chi connectivity index (χ0) is 25.4. The fraction of sp³-hybridized carbons (Fsp3) is 0.588. The normalized spacial score (nSPS) is 7.79. The van der Waals surface area contributed by atoms with Crippen molar-refractivity contribution in [2.45, 2.75) is 26.7 Å². The van der Waals surface area contributed by atoms with Crippen LogP contribution in [0.3, 0.4) is 0 Å². The Kier molecular flexibility index (Phi) is 48.5. The first-order chi connectivity index (χ1) is 14.4. The molecule has 0 heterocycles. The number of halogens is 1. The van der Waals surface area contributed by atoms with Gasteiger partial charge in [0.25, 0.3) is 6.47 Å². The zero-order valence-corrected chi connectivity index (χ0v) is 27.0. The van der Waals surface area contributed by atoms with Gasteiger partial charge in [0.15, 0.2) is 5.92 Å². The standard InChI is InChI=1S/C8H12O5.C5H8O4.C3H5ClO.CH2O3.2K.H/c1-5(9)4-6(7(10)12-2)8(11)13-3;1-8-4(6)3-5(7)9-2;1-3(5)2-4;2-1-4-3;;;/h6H,4H2,1-3H3;3H2,1-2H3;2H2,1H3;1,3H;;;/q;;;;2*+1;-1/p-1. The molecule has 0 fully saturated rings. The monoisotopic (exact) mass is 552 g/mol. The van der Waals surface area contributed by atoms with Crippen LogP contribution in [0.2, 0.25) is 0 Å². The maximum Gasteiger partial charge on any atom is 1.00 e. The third-order valence-corrected chi connectivity index (χ3v) is 2.81. The van der Waals surface area contributed by atoms with Crippen LogP contribution in [0.15, 0.2) is 0 Å². The number of alkyl halides is 1. The van der Waals surface area contributed by atoms with Crippen LogP contribution >= 0.6 is 11.6 Å². The van der Waals surface area contributed by atoms with Gasteiger partial charge in [-0.1, -0.05) is 0 Å². The molecule has 0 aromatic heterocycles. The molecule has 0 aromatic rings. The van der Waals surface area contributed by atoms with E-state index in [-0.39, 0.29) is 141 Å². The van der Waals surface area contributed by atoms with Crippen LogP contribution in [0.4, 0.5) is 0 Å². The number of esters is 4. The predicted molar refractivity (Wildman–Crippen MR) is 101 cm³/mol. The molecule has 13 nitrogen and oxygen atoms in total. The van der Waals surface area contributed by atoms with Gasteiger partial charge in [0, 0.05) is 6.42 Å². The number of carbonyl (C=O) groups excluding carboxylic acids is 7. The van der Waals surface area contributed by atoms with Gasteiger partial charge < -0.3 is 30.5 Å². The first-order valence-electron chi connectivity index (χ1n) is 7.98. The number of carbonyl (C=O) groups is 7. The van der Waals surface area contributed by atoms with Gasteiger partial charge in [-0.2, -0.15) is 0 Å². The second-order valence-corrected chi connectivity index (χ2v) is 5.13. The van der Waals surface area contributed by atoms with Gasteiger partial charge in [-0.15, -0.1) is 11.6 Å². The van der Waals surface area contributed by atoms with Crippen molar-refractivity contribution in [3.05, 3.63) is 0 Å². The van der Waals surface area contributed by atoms with E-state index < -0.39 is 29.8 Å². The van der Waals surface area contributed by atoms with Crippen molar-refractivity contribution < 1.29 is 167 Å². The Hall–Kier alpha value is 0.213. The topological polar surface area (TPSA) is 189 Å². The fourth-order valence-corrected chi connectivity index (χ4v) is 1.10. The zero-order valence-electron chi connectivity index (χ0n) is 21.0. The van der Waals surface area contributed by atoms with Crippen LogP contribution in [0.5, 0.6) is 0 Å². The van der Waals surface area contributed by atoms with Crippen molar-refractivity contribution in [1.29, 1.82) is 0 Å². The molecule has 0 bridgehead atoms. The van der Waals surface area contributed by atoms with Gasteiger partial charge in [-0.3, -0.25) is 33.6 Å². The molecule has 0 amide bonds. The Morgan fingerprint density at radius 2 is 1.12 bits per heavy atom. The molecular formula is C17H27ClK2O13. The third kappa shape index (κ3) is 39.7. The largest absolute Gasteiger partial charge is 1.00 e. The molecule has 0 saturated heterocycles. The average molecular weight is 553 g/mol. The van der Waals surface area contributed by atoms with Crippen LogP contribution in [0.25, 0.3) is 0 Å². The van der Waals surface area contributed by atoms with E-state index in [2.05, 4.69) is 23.8 Å². The van der Waals surface area contributed by atoms with Crippen LogP contribution < -0.4 is 108 Å². The van der Waals surface area contributed by atoms with Crippen LogP contribution in [0, 0.1) is 5.92 Å². The number of ether oxygens (including phenoxy) is 4. The summed E-state index contributed by atoms with van der Waals surface area (Å²) < 4.78 is 17.1. The second kappa shape index (κ2) is 34.4. The minimum atomic E-state index is -1.13. The van der Waals surface area contributed by atoms with E-state index in [0.717, 1.165) is 14.2 Å². The molecule has 0 N–H and O–H groups in total. The summed E-state index contributed by atoms with van der Waals surface area (Å²) in [6.45, 7) is 2.56. The number of hydrogen-bond acceptors (Lipinski definition) is 13. The molecule has 16 heteroatoms. The summed E-state index contributed by atoms with van der Waals surface area (Å²) in [6, 6.07) is 0. The molecule has 0 saturated carbocycles. The summed E-state index contributed by atoms with van der Waals surface area (Å²) in [7, 11) is 4.73. The van der Waals surface area contributed by atoms with E-state index in [9.17, 15) is 28.8 Å². The summed E-state index contributed by atoms with van der Waals surface area (Å²) in [5, 5.41) is 8.43. The summed E-state index contributed by atoms with van der Waals surface area (Å²) >= 11 is 4.99. The first-order valence-corrected chi connectivity index (χ1v) is 8.51. The Labute approximate surface area is 283 Å². The summed E-state index contributed by atoms with van der Waals surface area (Å²) in [5.41, 5.74) is 0. The van der Waals surface area contributed by atoms with E-state index in [4.69, 9.17) is 21.7 Å². The van der Waals surface area contributed by atoms with Gasteiger partial charge in [0.05, 0.1) is 34.3 Å². The number of Topliss-reactive ketones (excluding diaryl/α,β-unsaturated/α-hetero) is 2. The maximum atomic E-state index is 11.0. The molecule has 0 unspecified atom stereocenters. The maximum absolute atomic E-state index is 11.0. The van der Waals surface area contributed by atoms with Crippen molar-refractivity contribution >= 4 is 53.5 Å². The Morgan fingerprint density at radius 1 is 0.818 bits per heavy atom. The van der Waals surface area contributed by atoms with Crippen molar-refractivity contribution in [1.82, 2.24) is 0 Å². The smallest absolute Gasteiger partial charge is 1.00 e. The molecule has 0 spiro atoms. The Morgan fingerprint density at radius 3 is 1.27 bits per heavy atom. The van der Waals surface area contributed by atoms with E-state index in [1.54, 1.807) is 0 Å². The molecule has 0 atom stereocenters. The first kappa shape index (κ1) is 46.5. The fourth-order valence-electron chi connectivity index (χ4n) is 1.10. The van der Waals surface area contributed by atoms with Crippen molar-refractivity contribution in [2.75, 3.05) is 34.3 Å². The number of ketones is 2. The molecule has 0 aliphatic heterocycles. The van der Waals surface area contributed by atoms with Crippen molar-refractivity contribution in [3.8, 4) is 0 Å². The van der Waals surface area contributed by atoms with E-state index >= 15 is 0 Å². The van der Waals surface area contributed by atoms with Crippen LogP contribution in [-0.2, 0) is 57.4 Å². The summed E-state index contributed by atoms with van der Waals surface area (Å²) in [5.74, 6) is -3.90. The molecule has 0 aliphatic rings. The van der Waals surface area contributed by atoms with E-state index in [1.165, 1.54) is 28.1 Å². The van der Waals surface area contributed by atoms with E-state index in [1.807, 2.05) is 0 Å². The van der Waals surface area contributed by atoms with Crippen LogP contribution in [0.1, 0.15) is 28.1 Å². The number of rotatable bonds is 8. The summed E-state index contributed by atoms with van der Waals surface area (Å²) in [4.78, 5) is 74.1. The molecule has 0 rings (SSSR count). The van der Waals surface area contributed by atoms with Gasteiger partial charge in [0.2, 0.25) is 0 Å². The molecular weight excluding hydrogens is 526 g/mol. The van der Waals surface area contributed by atoms with Crippen molar-refractivity contribution in [3.63, 3.8) is 0 Å². The van der Waals surface area contributed by atoms with Gasteiger partial charge >= 0.3 is 127 Å². The number of hydrogen-bond donors (Lipinski definition) is 0. The average Bonchev–Trinajstić information content (AvgIpc) is 2.76. The second-order valence-electron chi connectivity index (χ2n) is 4.86. The summed E-state index contributed by atoms with van der Waals surface area (Å²) in [6.07, 6.45) is -0.494. The van der Waals surface area contributed by atoms with Crippen molar-refractivity contribution in [2.24, 2.45) is 5.92 Å². The van der Waals surface area contributed by atoms with Crippen LogP contribution in [-0.4, -0.2) is 76.2 Å². The van der Waals surface area contributed by atoms with Gasteiger partial charge in [-0.05, 0) is 13.8 Å². The molecule has 33 heavy (non-hydrogen) atoms. The Bertz CT molecular complexity index is 562. The van der Waals surface area contributed by atoms with Gasteiger partial charge in [0.1, 0.15) is 18.0 Å². The molecule has 0 radical (unpaired) electrons. The Balaban J connectivity index is -0.0000000610. The third-order valence-electron chi connectivity index (χ3n) is 2.43. The molecule has 0 aliphatic carbocycles. The molecule has 182 valence electrons. The van der Waals surface area contributed by atoms with E-state index in [0.29, 0.717) is 0 Å². The SMILES string of the molecule is CC(=O)CCl.COC(=O)C(CC(C)=O)C(=O)OC.COC(=O)CC(=O)OC.O=CO[O-].[H-].[K+].[K+]. The molecule has 0 aromatic carbocycles. The quantitative estimate of drug-likeness (QED) is 0.0404. The predicted octanol–water partition coefficient (Wildman–Crippen LogP) is -6.98. The minimum absolute atomic E-state index is 0. The minimum Gasteiger partial charge on any atom is -1.00 e. The van der Waals surface area contributed by atoms with Gasteiger partial charge in [-0.25, -0.2) is 0 Å². The number of methoxy groups -OCH3 is 4.